The molecule has 1 heteroatoms. The highest BCUT2D eigenvalue weighted by Gasteiger charge is 2.04. The van der Waals surface area contributed by atoms with Crippen molar-refractivity contribution >= 4 is 32.3 Å². The van der Waals surface area contributed by atoms with Gasteiger partial charge in [-0.05, 0) is 33.0 Å². The molecular formula is C17H11N. The van der Waals surface area contributed by atoms with Gasteiger partial charge in [-0.3, -0.25) is 4.98 Å². The SMILES string of the molecule is c1ccc2c(c1)ccc1ccc3cnccc3c12. The molecule has 0 saturated heterocycles. The Morgan fingerprint density at radius 3 is 2.28 bits per heavy atom. The van der Waals surface area contributed by atoms with Gasteiger partial charge in [-0.2, -0.15) is 0 Å². The summed E-state index contributed by atoms with van der Waals surface area (Å²) in [6.45, 7) is 0. The van der Waals surface area contributed by atoms with E-state index in [-0.39, 0.29) is 0 Å². The maximum absolute atomic E-state index is 4.20. The predicted molar refractivity (Wildman–Crippen MR) is 76.8 cm³/mol. The number of nitrogens with zero attached hydrogens (tertiary/aromatic N) is 1. The van der Waals surface area contributed by atoms with Crippen LogP contribution in [-0.2, 0) is 0 Å². The lowest BCUT2D eigenvalue weighted by Crippen LogP contribution is -1.81. The lowest BCUT2D eigenvalue weighted by molar-refractivity contribution is 1.37. The Labute approximate surface area is 105 Å². The minimum atomic E-state index is 1.20. The number of hydrogen-bond acceptors (Lipinski definition) is 1. The standard InChI is InChI=1S/C17H11N/c1-2-4-15-12(3-1)5-6-13-7-8-14-11-18-10-9-16(14)17(13)15/h1-11H. The molecule has 0 aliphatic heterocycles. The van der Waals surface area contributed by atoms with Gasteiger partial charge >= 0.3 is 0 Å². The average Bonchev–Trinajstić information content (AvgIpc) is 2.46. The Kier molecular flexibility index (Phi) is 1.89. The second-order valence-corrected chi connectivity index (χ2v) is 4.55. The first kappa shape index (κ1) is 9.60. The zero-order chi connectivity index (χ0) is 11.9. The molecule has 4 rings (SSSR count). The van der Waals surface area contributed by atoms with Crippen molar-refractivity contribution in [2.75, 3.05) is 0 Å². The van der Waals surface area contributed by atoms with E-state index in [1.54, 1.807) is 0 Å². The molecule has 1 nitrogen and oxygen atoms in total. The third-order valence-electron chi connectivity index (χ3n) is 3.52. The van der Waals surface area contributed by atoms with Crippen LogP contribution in [0, 0.1) is 0 Å². The third-order valence-corrected chi connectivity index (χ3v) is 3.52. The summed E-state index contributed by atoms with van der Waals surface area (Å²) in [5, 5.41) is 7.68. The van der Waals surface area contributed by atoms with E-state index >= 15 is 0 Å². The molecule has 84 valence electrons. The molecule has 1 aromatic heterocycles. The van der Waals surface area contributed by atoms with Gasteiger partial charge in [0.1, 0.15) is 0 Å². The molecule has 0 aliphatic rings. The Balaban J connectivity index is 2.38. The third kappa shape index (κ3) is 1.25. The Morgan fingerprint density at radius 2 is 1.33 bits per heavy atom. The molecule has 0 saturated carbocycles. The molecular weight excluding hydrogens is 218 g/mol. The molecule has 0 bridgehead atoms. The van der Waals surface area contributed by atoms with Crippen LogP contribution in [0.25, 0.3) is 32.3 Å². The van der Waals surface area contributed by atoms with Crippen LogP contribution in [-0.4, -0.2) is 4.98 Å². The quantitative estimate of drug-likeness (QED) is 0.403. The maximum atomic E-state index is 4.20. The Hall–Kier alpha value is -2.41. The van der Waals surface area contributed by atoms with Crippen molar-refractivity contribution < 1.29 is 0 Å². The lowest BCUT2D eigenvalue weighted by Gasteiger charge is -2.07. The van der Waals surface area contributed by atoms with Crippen LogP contribution in [0.5, 0.6) is 0 Å². The molecule has 4 aromatic rings. The lowest BCUT2D eigenvalue weighted by atomic mass is 9.97. The van der Waals surface area contributed by atoms with Gasteiger partial charge in [0.25, 0.3) is 0 Å². The smallest absolute Gasteiger partial charge is 0.0346 e. The van der Waals surface area contributed by atoms with Crippen molar-refractivity contribution in [3.8, 4) is 0 Å². The van der Waals surface area contributed by atoms with Crippen LogP contribution in [0.3, 0.4) is 0 Å². The van der Waals surface area contributed by atoms with E-state index in [2.05, 4.69) is 59.6 Å². The number of pyridine rings is 1. The van der Waals surface area contributed by atoms with Gasteiger partial charge in [-0.15, -0.1) is 0 Å². The van der Waals surface area contributed by atoms with Gasteiger partial charge in [0, 0.05) is 17.8 Å². The molecule has 0 unspecified atom stereocenters. The summed E-state index contributed by atoms with van der Waals surface area (Å²) in [7, 11) is 0. The highest BCUT2D eigenvalue weighted by molar-refractivity contribution is 6.19. The highest BCUT2D eigenvalue weighted by atomic mass is 14.6. The molecule has 0 amide bonds. The average molecular weight is 229 g/mol. The molecule has 1 heterocycles. The molecule has 18 heavy (non-hydrogen) atoms. The fourth-order valence-corrected chi connectivity index (χ4v) is 2.67. The summed E-state index contributed by atoms with van der Waals surface area (Å²) < 4.78 is 0. The number of hydrogen-bond donors (Lipinski definition) is 0. The fourth-order valence-electron chi connectivity index (χ4n) is 2.67. The van der Waals surface area contributed by atoms with Gasteiger partial charge in [-0.1, -0.05) is 48.5 Å². The predicted octanol–water partition coefficient (Wildman–Crippen LogP) is 4.54. The minimum absolute atomic E-state index is 1.20. The summed E-state index contributed by atoms with van der Waals surface area (Å²) >= 11 is 0. The molecule has 0 atom stereocenters. The van der Waals surface area contributed by atoms with Crippen LogP contribution in [0.1, 0.15) is 0 Å². The molecule has 3 aromatic carbocycles. The van der Waals surface area contributed by atoms with Crippen LogP contribution < -0.4 is 0 Å². The summed E-state index contributed by atoms with van der Waals surface area (Å²) in [5.41, 5.74) is 0. The van der Waals surface area contributed by atoms with Crippen molar-refractivity contribution in [3.05, 3.63) is 67.0 Å². The molecule has 0 aliphatic carbocycles. The maximum Gasteiger partial charge on any atom is 0.0346 e. The van der Waals surface area contributed by atoms with Gasteiger partial charge < -0.3 is 0 Å². The van der Waals surface area contributed by atoms with Gasteiger partial charge in [0.05, 0.1) is 0 Å². The van der Waals surface area contributed by atoms with Crippen molar-refractivity contribution in [2.24, 2.45) is 0 Å². The van der Waals surface area contributed by atoms with E-state index in [9.17, 15) is 0 Å². The summed E-state index contributed by atoms with van der Waals surface area (Å²) in [4.78, 5) is 4.20. The number of fused-ring (bicyclic) bond motifs is 5. The summed E-state index contributed by atoms with van der Waals surface area (Å²) in [5.74, 6) is 0. The summed E-state index contributed by atoms with van der Waals surface area (Å²) in [6.07, 6.45) is 3.79. The molecule has 0 N–H and O–H groups in total. The first-order valence-corrected chi connectivity index (χ1v) is 6.08. The molecule has 0 radical (unpaired) electrons. The van der Waals surface area contributed by atoms with E-state index in [0.717, 1.165) is 0 Å². The Bertz CT molecular complexity index is 807. The zero-order valence-corrected chi connectivity index (χ0v) is 9.80. The van der Waals surface area contributed by atoms with E-state index in [1.165, 1.54) is 32.3 Å². The second-order valence-electron chi connectivity index (χ2n) is 4.55. The van der Waals surface area contributed by atoms with E-state index in [1.807, 2.05) is 12.4 Å². The van der Waals surface area contributed by atoms with Gasteiger partial charge in [0.2, 0.25) is 0 Å². The van der Waals surface area contributed by atoms with E-state index in [4.69, 9.17) is 0 Å². The van der Waals surface area contributed by atoms with Gasteiger partial charge in [0.15, 0.2) is 0 Å². The number of rotatable bonds is 0. The first-order chi connectivity index (χ1) is 8.93. The first-order valence-electron chi connectivity index (χ1n) is 6.08. The van der Waals surface area contributed by atoms with Gasteiger partial charge in [-0.25, -0.2) is 0 Å². The second kappa shape index (κ2) is 3.54. The van der Waals surface area contributed by atoms with Crippen molar-refractivity contribution in [1.29, 1.82) is 0 Å². The largest absolute Gasteiger partial charge is 0.264 e. The summed E-state index contributed by atoms with van der Waals surface area (Å²) in [6, 6.07) is 19.3. The normalized spacial score (nSPS) is 11.3. The van der Waals surface area contributed by atoms with Crippen LogP contribution in [0.4, 0.5) is 0 Å². The molecule has 0 fully saturated rings. The topological polar surface area (TPSA) is 12.9 Å². The monoisotopic (exact) mass is 229 g/mol. The highest BCUT2D eigenvalue weighted by Crippen LogP contribution is 2.31. The van der Waals surface area contributed by atoms with Crippen molar-refractivity contribution in [2.45, 2.75) is 0 Å². The van der Waals surface area contributed by atoms with Crippen LogP contribution in [0.15, 0.2) is 67.0 Å². The Morgan fingerprint density at radius 1 is 0.611 bits per heavy atom. The van der Waals surface area contributed by atoms with Crippen molar-refractivity contribution in [1.82, 2.24) is 4.98 Å². The van der Waals surface area contributed by atoms with Crippen molar-refractivity contribution in [3.63, 3.8) is 0 Å². The molecule has 0 spiro atoms. The van der Waals surface area contributed by atoms with Crippen LogP contribution >= 0.6 is 0 Å². The zero-order valence-electron chi connectivity index (χ0n) is 9.80. The number of aromatic nitrogens is 1. The minimum Gasteiger partial charge on any atom is -0.264 e. The van der Waals surface area contributed by atoms with E-state index < -0.39 is 0 Å². The van der Waals surface area contributed by atoms with E-state index in [0.29, 0.717) is 0 Å². The fraction of sp³-hybridized carbons (Fsp3) is 0. The number of benzene rings is 3. The van der Waals surface area contributed by atoms with Crippen LogP contribution in [0.2, 0.25) is 0 Å².